The van der Waals surface area contributed by atoms with Crippen molar-refractivity contribution in [3.05, 3.63) is 66.9 Å². The van der Waals surface area contributed by atoms with Gasteiger partial charge in [0, 0.05) is 26.6 Å². The number of hydrogen-bond donors (Lipinski definition) is 1. The summed E-state index contributed by atoms with van der Waals surface area (Å²) in [5, 5.41) is 3.21. The van der Waals surface area contributed by atoms with Gasteiger partial charge in [0.25, 0.3) is 0 Å². The van der Waals surface area contributed by atoms with Crippen LogP contribution < -0.4 is 10.1 Å². The molecule has 0 unspecified atom stereocenters. The second-order valence-electron chi connectivity index (χ2n) is 5.40. The summed E-state index contributed by atoms with van der Waals surface area (Å²) in [5.74, 6) is 1.54. The molecule has 1 heterocycles. The fourth-order valence-electron chi connectivity index (χ4n) is 2.16. The van der Waals surface area contributed by atoms with Gasteiger partial charge >= 0.3 is 0 Å². The number of benzene rings is 1. The first-order valence-electron chi connectivity index (χ1n) is 8.20. The van der Waals surface area contributed by atoms with Crippen LogP contribution in [0.15, 0.2) is 64.7 Å². The molecule has 142 valence electrons. The minimum Gasteiger partial charge on any atom is -0.489 e. The van der Waals surface area contributed by atoms with Crippen LogP contribution in [0.3, 0.4) is 0 Å². The Hall–Kier alpha value is -2.03. The van der Waals surface area contributed by atoms with Gasteiger partial charge in [-0.1, -0.05) is 18.2 Å². The normalized spacial score (nSPS) is 10.8. The standard InChI is InChI=1S/C19H24FN3O2.HI/c1-3-11-21-19(22-12-10-16-7-6-14-24-16)23(2)13-15-25-18-9-5-4-8-17(18)20;/h3-9,14H,1,10-13,15H2,2H3,(H,21,22);1H. The Bertz CT molecular complexity index is 677. The van der Waals surface area contributed by atoms with Gasteiger partial charge in [-0.3, -0.25) is 4.99 Å². The molecule has 0 radical (unpaired) electrons. The van der Waals surface area contributed by atoms with Gasteiger partial charge in [0.1, 0.15) is 12.4 Å². The smallest absolute Gasteiger partial charge is 0.194 e. The Morgan fingerprint density at radius 3 is 2.85 bits per heavy atom. The molecule has 2 aromatic rings. The zero-order valence-corrected chi connectivity index (χ0v) is 17.2. The molecule has 0 bridgehead atoms. The van der Waals surface area contributed by atoms with Gasteiger partial charge in [0.15, 0.2) is 17.5 Å². The van der Waals surface area contributed by atoms with Gasteiger partial charge in [-0.25, -0.2) is 4.39 Å². The van der Waals surface area contributed by atoms with Gasteiger partial charge in [0.2, 0.25) is 0 Å². The summed E-state index contributed by atoms with van der Waals surface area (Å²) < 4.78 is 24.3. The van der Waals surface area contributed by atoms with Crippen molar-refractivity contribution in [3.8, 4) is 5.75 Å². The average Bonchev–Trinajstić information content (AvgIpc) is 3.13. The molecule has 1 aromatic carbocycles. The maximum atomic E-state index is 13.5. The van der Waals surface area contributed by atoms with E-state index in [-0.39, 0.29) is 35.5 Å². The third-order valence-electron chi connectivity index (χ3n) is 3.49. The maximum Gasteiger partial charge on any atom is 0.194 e. The molecule has 0 amide bonds. The highest BCUT2D eigenvalue weighted by atomic mass is 127. The lowest BCUT2D eigenvalue weighted by Gasteiger charge is -2.22. The molecule has 0 aliphatic carbocycles. The highest BCUT2D eigenvalue weighted by Gasteiger charge is 2.07. The van der Waals surface area contributed by atoms with Gasteiger partial charge < -0.3 is 19.4 Å². The van der Waals surface area contributed by atoms with E-state index in [0.29, 0.717) is 26.2 Å². The van der Waals surface area contributed by atoms with E-state index in [1.165, 1.54) is 6.07 Å². The Morgan fingerprint density at radius 1 is 1.35 bits per heavy atom. The van der Waals surface area contributed by atoms with Crippen molar-refractivity contribution < 1.29 is 13.5 Å². The summed E-state index contributed by atoms with van der Waals surface area (Å²) >= 11 is 0. The molecule has 0 aliphatic heterocycles. The van der Waals surface area contributed by atoms with Gasteiger partial charge in [-0.05, 0) is 24.3 Å². The van der Waals surface area contributed by atoms with Crippen molar-refractivity contribution in [1.29, 1.82) is 0 Å². The van der Waals surface area contributed by atoms with Crippen molar-refractivity contribution in [2.45, 2.75) is 6.42 Å². The molecular weight excluding hydrogens is 448 g/mol. The fourth-order valence-corrected chi connectivity index (χ4v) is 2.16. The number of para-hydroxylation sites is 1. The molecule has 0 atom stereocenters. The van der Waals surface area contributed by atoms with Crippen LogP contribution in [0.1, 0.15) is 5.76 Å². The summed E-state index contributed by atoms with van der Waals surface area (Å²) in [4.78, 5) is 6.51. The monoisotopic (exact) mass is 473 g/mol. The molecule has 0 aliphatic rings. The van der Waals surface area contributed by atoms with Crippen molar-refractivity contribution in [3.63, 3.8) is 0 Å². The van der Waals surface area contributed by atoms with Crippen LogP contribution in [-0.2, 0) is 6.42 Å². The van der Waals surface area contributed by atoms with Crippen LogP contribution in [0.2, 0.25) is 0 Å². The maximum absolute atomic E-state index is 13.5. The number of rotatable bonds is 9. The van der Waals surface area contributed by atoms with Crippen LogP contribution in [0.5, 0.6) is 5.75 Å². The van der Waals surface area contributed by atoms with E-state index in [4.69, 9.17) is 9.15 Å². The Kier molecular flexibility index (Phi) is 10.5. The lowest BCUT2D eigenvalue weighted by Crippen LogP contribution is -2.41. The lowest BCUT2D eigenvalue weighted by atomic mass is 10.3. The molecule has 7 heteroatoms. The van der Waals surface area contributed by atoms with Crippen molar-refractivity contribution in [2.24, 2.45) is 4.99 Å². The minimum atomic E-state index is -0.359. The number of likely N-dealkylation sites (N-methyl/N-ethyl adjacent to an activating group) is 1. The predicted octanol–water partition coefficient (Wildman–Crippen LogP) is 3.72. The SMILES string of the molecule is C=CCNC(=NCCc1ccco1)N(C)CCOc1ccccc1F.I. The molecule has 26 heavy (non-hydrogen) atoms. The summed E-state index contributed by atoms with van der Waals surface area (Å²) in [7, 11) is 1.91. The first-order valence-corrected chi connectivity index (χ1v) is 8.20. The summed E-state index contributed by atoms with van der Waals surface area (Å²) in [6.07, 6.45) is 4.15. The zero-order valence-electron chi connectivity index (χ0n) is 14.9. The number of furan rings is 1. The third-order valence-corrected chi connectivity index (χ3v) is 3.49. The third kappa shape index (κ3) is 7.47. The number of aliphatic imine (C=N–C) groups is 1. The van der Waals surface area contributed by atoms with Crippen molar-refractivity contribution in [2.75, 3.05) is 33.3 Å². The molecule has 0 saturated heterocycles. The topological polar surface area (TPSA) is 50.0 Å². The number of nitrogens with one attached hydrogen (secondary N) is 1. The molecule has 0 saturated carbocycles. The summed E-state index contributed by atoms with van der Waals surface area (Å²) in [6, 6.07) is 10.2. The number of guanidine groups is 1. The molecule has 0 fully saturated rings. The van der Waals surface area contributed by atoms with Crippen LogP contribution >= 0.6 is 24.0 Å². The van der Waals surface area contributed by atoms with E-state index >= 15 is 0 Å². The van der Waals surface area contributed by atoms with Crippen LogP contribution in [0.4, 0.5) is 4.39 Å². The Morgan fingerprint density at radius 2 is 2.15 bits per heavy atom. The first-order chi connectivity index (χ1) is 12.2. The van der Waals surface area contributed by atoms with E-state index in [9.17, 15) is 4.39 Å². The van der Waals surface area contributed by atoms with Gasteiger partial charge in [-0.2, -0.15) is 0 Å². The fraction of sp³-hybridized carbons (Fsp3) is 0.316. The van der Waals surface area contributed by atoms with Gasteiger partial charge in [0.05, 0.1) is 12.8 Å². The highest BCUT2D eigenvalue weighted by molar-refractivity contribution is 14.0. The van der Waals surface area contributed by atoms with Crippen molar-refractivity contribution >= 4 is 29.9 Å². The summed E-state index contributed by atoms with van der Waals surface area (Å²) in [6.45, 7) is 5.84. The van der Waals surface area contributed by atoms with E-state index in [2.05, 4.69) is 16.9 Å². The number of hydrogen-bond acceptors (Lipinski definition) is 3. The lowest BCUT2D eigenvalue weighted by molar-refractivity contribution is 0.270. The largest absolute Gasteiger partial charge is 0.489 e. The predicted molar refractivity (Wildman–Crippen MR) is 113 cm³/mol. The first kappa shape index (κ1) is 22.0. The molecule has 1 aromatic heterocycles. The minimum absolute atomic E-state index is 0. The van der Waals surface area contributed by atoms with E-state index in [0.717, 1.165) is 18.1 Å². The molecule has 1 N–H and O–H groups in total. The van der Waals surface area contributed by atoms with E-state index in [1.807, 2.05) is 24.1 Å². The zero-order chi connectivity index (χ0) is 17.9. The number of ether oxygens (including phenoxy) is 1. The van der Waals surface area contributed by atoms with Crippen molar-refractivity contribution in [1.82, 2.24) is 10.2 Å². The van der Waals surface area contributed by atoms with Crippen LogP contribution in [0.25, 0.3) is 0 Å². The number of halogens is 2. The second-order valence-corrected chi connectivity index (χ2v) is 5.40. The molecular formula is C19H25FIN3O2. The van der Waals surface area contributed by atoms with E-state index in [1.54, 1.807) is 30.5 Å². The quantitative estimate of drug-likeness (QED) is 0.261. The molecule has 0 spiro atoms. The average molecular weight is 473 g/mol. The van der Waals surface area contributed by atoms with E-state index < -0.39 is 0 Å². The second kappa shape index (κ2) is 12.3. The Labute approximate surface area is 171 Å². The molecule has 2 rings (SSSR count). The van der Waals surface area contributed by atoms with Gasteiger partial charge in [-0.15, -0.1) is 30.6 Å². The highest BCUT2D eigenvalue weighted by Crippen LogP contribution is 2.14. The molecule has 5 nitrogen and oxygen atoms in total. The Balaban J connectivity index is 0.00000338. The van der Waals surface area contributed by atoms with Crippen LogP contribution in [-0.4, -0.2) is 44.1 Å². The summed E-state index contributed by atoms with van der Waals surface area (Å²) in [5.41, 5.74) is 0. The number of nitrogens with zero attached hydrogens (tertiary/aromatic N) is 2. The van der Waals surface area contributed by atoms with Crippen LogP contribution in [0, 0.1) is 5.82 Å².